The lowest BCUT2D eigenvalue weighted by molar-refractivity contribution is 0.0390. The maximum atomic E-state index is 13.2. The van der Waals surface area contributed by atoms with E-state index < -0.39 is 0 Å². The van der Waals surface area contributed by atoms with Gasteiger partial charge in [-0.05, 0) is 61.8 Å². The zero-order valence-corrected chi connectivity index (χ0v) is 15.0. The highest BCUT2D eigenvalue weighted by Crippen LogP contribution is 2.36. The van der Waals surface area contributed by atoms with Crippen LogP contribution in [0.25, 0.3) is 0 Å². The minimum atomic E-state index is -0.0843. The summed E-state index contributed by atoms with van der Waals surface area (Å²) in [5.41, 5.74) is 2.82. The van der Waals surface area contributed by atoms with Crippen LogP contribution >= 0.6 is 0 Å². The van der Waals surface area contributed by atoms with Crippen LogP contribution in [0.2, 0.25) is 0 Å². The molecule has 3 aliphatic rings. The van der Waals surface area contributed by atoms with Gasteiger partial charge in [0.15, 0.2) is 0 Å². The number of hydrogen-bond donors (Lipinski definition) is 1. The number of carbonyl (C=O) groups is 2. The van der Waals surface area contributed by atoms with Crippen molar-refractivity contribution < 1.29 is 9.59 Å². The molecule has 1 aromatic rings. The van der Waals surface area contributed by atoms with E-state index in [9.17, 15) is 9.59 Å². The number of nitrogens with zero attached hydrogens (tertiary/aromatic N) is 2. The molecule has 0 radical (unpaired) electrons. The Morgan fingerprint density at radius 1 is 1.08 bits per heavy atom. The summed E-state index contributed by atoms with van der Waals surface area (Å²) in [6.07, 6.45) is 8.22. The molecule has 1 saturated heterocycles. The standard InChI is InChI=1S/C20H27N3O2/c1-21-20(25)23-12-10-15-13-16(8-9-18(15)23)19(24)22-11-4-6-14-5-2-3-7-17(14)22/h8-9,13-14,17H,2-7,10-12H2,1H3,(H,21,25)/t14-,17-/m1/s1. The van der Waals surface area contributed by atoms with Crippen molar-refractivity contribution >= 4 is 17.6 Å². The molecule has 0 spiro atoms. The minimum Gasteiger partial charge on any atom is -0.341 e. The smallest absolute Gasteiger partial charge is 0.321 e. The van der Waals surface area contributed by atoms with Gasteiger partial charge in [-0.25, -0.2) is 4.79 Å². The van der Waals surface area contributed by atoms with E-state index >= 15 is 0 Å². The molecule has 134 valence electrons. The summed E-state index contributed by atoms with van der Waals surface area (Å²) in [6, 6.07) is 6.19. The molecule has 1 N–H and O–H groups in total. The van der Waals surface area contributed by atoms with Crippen molar-refractivity contribution in [2.45, 2.75) is 51.0 Å². The number of likely N-dealkylation sites (tertiary alicyclic amines) is 1. The molecule has 5 heteroatoms. The minimum absolute atomic E-state index is 0.0843. The third kappa shape index (κ3) is 2.90. The zero-order valence-electron chi connectivity index (χ0n) is 15.0. The summed E-state index contributed by atoms with van der Waals surface area (Å²) in [6.45, 7) is 1.57. The molecule has 5 nitrogen and oxygen atoms in total. The monoisotopic (exact) mass is 341 g/mol. The van der Waals surface area contributed by atoms with Gasteiger partial charge in [-0.15, -0.1) is 0 Å². The Bertz CT molecular complexity index is 686. The highest BCUT2D eigenvalue weighted by molar-refractivity contribution is 5.98. The predicted octanol–water partition coefficient (Wildman–Crippen LogP) is 3.18. The lowest BCUT2D eigenvalue weighted by Gasteiger charge is -2.44. The van der Waals surface area contributed by atoms with Crippen LogP contribution in [0.5, 0.6) is 0 Å². The first-order valence-corrected chi connectivity index (χ1v) is 9.62. The molecule has 25 heavy (non-hydrogen) atoms. The summed E-state index contributed by atoms with van der Waals surface area (Å²) in [5, 5.41) is 2.68. The average molecular weight is 341 g/mol. The first-order valence-electron chi connectivity index (χ1n) is 9.62. The largest absolute Gasteiger partial charge is 0.341 e. The number of anilines is 1. The van der Waals surface area contributed by atoms with E-state index in [4.69, 9.17) is 0 Å². The SMILES string of the molecule is CNC(=O)N1CCc2cc(C(=O)N3CCC[C@H]4CCCC[C@H]43)ccc21. The molecular weight excluding hydrogens is 314 g/mol. The van der Waals surface area contributed by atoms with Gasteiger partial charge in [-0.3, -0.25) is 9.69 Å². The van der Waals surface area contributed by atoms with Crippen molar-refractivity contribution in [1.82, 2.24) is 10.2 Å². The third-order valence-electron chi connectivity index (χ3n) is 6.19. The van der Waals surface area contributed by atoms with Crippen molar-refractivity contribution in [3.63, 3.8) is 0 Å². The fourth-order valence-corrected chi connectivity index (χ4v) is 4.92. The molecule has 2 atom stereocenters. The van der Waals surface area contributed by atoms with E-state index in [1.165, 1.54) is 25.7 Å². The van der Waals surface area contributed by atoms with Crippen LogP contribution in [0.1, 0.15) is 54.4 Å². The number of rotatable bonds is 1. The maximum absolute atomic E-state index is 13.2. The Balaban J connectivity index is 1.56. The van der Waals surface area contributed by atoms with Crippen LogP contribution in [0, 0.1) is 5.92 Å². The number of hydrogen-bond acceptors (Lipinski definition) is 2. The predicted molar refractivity (Wildman–Crippen MR) is 98.0 cm³/mol. The first kappa shape index (κ1) is 16.4. The van der Waals surface area contributed by atoms with Crippen LogP contribution in [0.3, 0.4) is 0 Å². The number of amides is 3. The molecule has 0 bridgehead atoms. The van der Waals surface area contributed by atoms with Gasteiger partial charge >= 0.3 is 6.03 Å². The van der Waals surface area contributed by atoms with Gasteiger partial charge in [0.2, 0.25) is 0 Å². The van der Waals surface area contributed by atoms with Gasteiger partial charge in [0, 0.05) is 37.4 Å². The van der Waals surface area contributed by atoms with E-state index in [0.29, 0.717) is 18.5 Å². The van der Waals surface area contributed by atoms with Crippen LogP contribution in [0.4, 0.5) is 10.5 Å². The summed E-state index contributed by atoms with van der Waals surface area (Å²) in [4.78, 5) is 29.0. The lowest BCUT2D eigenvalue weighted by atomic mass is 9.78. The number of nitrogens with one attached hydrogen (secondary N) is 1. The second-order valence-electron chi connectivity index (χ2n) is 7.55. The Hall–Kier alpha value is -2.04. The highest BCUT2D eigenvalue weighted by atomic mass is 16.2. The lowest BCUT2D eigenvalue weighted by Crippen LogP contribution is -2.49. The van der Waals surface area contributed by atoms with Crippen molar-refractivity contribution in [3.8, 4) is 0 Å². The van der Waals surface area contributed by atoms with E-state index in [1.807, 2.05) is 18.2 Å². The molecule has 3 amide bonds. The van der Waals surface area contributed by atoms with Gasteiger partial charge in [0.05, 0.1) is 0 Å². The van der Waals surface area contributed by atoms with Gasteiger partial charge in [-0.2, -0.15) is 0 Å². The Morgan fingerprint density at radius 2 is 1.88 bits per heavy atom. The molecule has 1 aliphatic carbocycles. The fraction of sp³-hybridized carbons (Fsp3) is 0.600. The van der Waals surface area contributed by atoms with Crippen LogP contribution in [0.15, 0.2) is 18.2 Å². The molecule has 2 aliphatic heterocycles. The molecular formula is C20H27N3O2. The van der Waals surface area contributed by atoms with E-state index in [2.05, 4.69) is 10.2 Å². The molecule has 1 saturated carbocycles. The van der Waals surface area contributed by atoms with Gasteiger partial charge < -0.3 is 10.2 Å². The van der Waals surface area contributed by atoms with Crippen LogP contribution in [-0.2, 0) is 6.42 Å². The Morgan fingerprint density at radius 3 is 2.72 bits per heavy atom. The number of carbonyl (C=O) groups excluding carboxylic acids is 2. The molecule has 1 aromatic carbocycles. The topological polar surface area (TPSA) is 52.7 Å². The summed E-state index contributed by atoms with van der Waals surface area (Å²) in [5.74, 6) is 0.877. The Labute approximate surface area is 149 Å². The summed E-state index contributed by atoms with van der Waals surface area (Å²) in [7, 11) is 1.65. The van der Waals surface area contributed by atoms with Crippen molar-refractivity contribution in [3.05, 3.63) is 29.3 Å². The second-order valence-corrected chi connectivity index (χ2v) is 7.55. The first-order chi connectivity index (χ1) is 12.2. The van der Waals surface area contributed by atoms with Crippen LogP contribution < -0.4 is 10.2 Å². The molecule has 4 rings (SSSR count). The Kier molecular flexibility index (Phi) is 4.40. The van der Waals surface area contributed by atoms with Crippen molar-refractivity contribution in [1.29, 1.82) is 0 Å². The van der Waals surface area contributed by atoms with E-state index in [1.54, 1.807) is 11.9 Å². The molecule has 0 aromatic heterocycles. The van der Waals surface area contributed by atoms with Crippen LogP contribution in [-0.4, -0.2) is 43.0 Å². The van der Waals surface area contributed by atoms with Gasteiger partial charge in [-0.1, -0.05) is 12.8 Å². The number of urea groups is 1. The zero-order chi connectivity index (χ0) is 17.4. The third-order valence-corrected chi connectivity index (χ3v) is 6.19. The number of benzene rings is 1. The van der Waals surface area contributed by atoms with Crippen molar-refractivity contribution in [2.24, 2.45) is 5.92 Å². The van der Waals surface area contributed by atoms with E-state index in [-0.39, 0.29) is 11.9 Å². The maximum Gasteiger partial charge on any atom is 0.321 e. The highest BCUT2D eigenvalue weighted by Gasteiger charge is 2.36. The number of fused-ring (bicyclic) bond motifs is 2. The summed E-state index contributed by atoms with van der Waals surface area (Å²) < 4.78 is 0. The van der Waals surface area contributed by atoms with E-state index in [0.717, 1.165) is 42.6 Å². The molecule has 0 unspecified atom stereocenters. The summed E-state index contributed by atoms with van der Waals surface area (Å²) >= 11 is 0. The fourth-order valence-electron chi connectivity index (χ4n) is 4.92. The quantitative estimate of drug-likeness (QED) is 0.853. The molecule has 2 heterocycles. The van der Waals surface area contributed by atoms with Gasteiger partial charge in [0.1, 0.15) is 0 Å². The molecule has 2 fully saturated rings. The average Bonchev–Trinajstić information content (AvgIpc) is 3.09. The van der Waals surface area contributed by atoms with Gasteiger partial charge in [0.25, 0.3) is 5.91 Å². The van der Waals surface area contributed by atoms with Crippen molar-refractivity contribution in [2.75, 3.05) is 25.0 Å². The second kappa shape index (κ2) is 6.70. The number of piperidine rings is 1. The normalized spacial score (nSPS) is 25.3.